The van der Waals surface area contributed by atoms with E-state index in [-0.39, 0.29) is 17.2 Å². The number of aromatic nitrogens is 1. The molecule has 1 aromatic heterocycles. The molecule has 1 heterocycles. The number of phenols is 1. The third kappa shape index (κ3) is 2.27. The first kappa shape index (κ1) is 11.6. The molecule has 5 nitrogen and oxygen atoms in total. The Morgan fingerprint density at radius 1 is 1.47 bits per heavy atom. The smallest absolute Gasteiger partial charge is 0.347 e. The minimum absolute atomic E-state index is 0.0803. The fourth-order valence-electron chi connectivity index (χ4n) is 1.42. The lowest BCUT2D eigenvalue weighted by Crippen LogP contribution is -2.04. The number of rotatable bonds is 3. The van der Waals surface area contributed by atoms with Crippen molar-refractivity contribution < 1.29 is 15.0 Å². The van der Waals surface area contributed by atoms with Gasteiger partial charge in [0, 0.05) is 12.1 Å². The van der Waals surface area contributed by atoms with Gasteiger partial charge in [-0.3, -0.25) is 0 Å². The summed E-state index contributed by atoms with van der Waals surface area (Å²) in [5.41, 5.74) is 6.48. The van der Waals surface area contributed by atoms with Crippen molar-refractivity contribution in [2.24, 2.45) is 5.73 Å². The first-order valence-electron chi connectivity index (χ1n) is 4.84. The van der Waals surface area contributed by atoms with Gasteiger partial charge in [0.05, 0.1) is 5.69 Å². The Morgan fingerprint density at radius 2 is 2.24 bits per heavy atom. The van der Waals surface area contributed by atoms with Crippen LogP contribution in [0.2, 0.25) is 0 Å². The van der Waals surface area contributed by atoms with E-state index in [4.69, 9.17) is 10.8 Å². The SMILES string of the molecule is NCc1nc(-c2cccc(O)c2)sc1C(=O)O. The third-order valence-electron chi connectivity index (χ3n) is 2.18. The van der Waals surface area contributed by atoms with Gasteiger partial charge >= 0.3 is 5.97 Å². The van der Waals surface area contributed by atoms with E-state index in [2.05, 4.69) is 4.98 Å². The van der Waals surface area contributed by atoms with Crippen molar-refractivity contribution in [2.45, 2.75) is 6.54 Å². The second kappa shape index (κ2) is 4.52. The number of carboxylic acid groups (broad SMARTS) is 1. The summed E-state index contributed by atoms with van der Waals surface area (Å²) in [5.74, 6) is -0.918. The normalized spacial score (nSPS) is 10.4. The van der Waals surface area contributed by atoms with E-state index in [1.165, 1.54) is 6.07 Å². The lowest BCUT2D eigenvalue weighted by molar-refractivity contribution is 0.0700. The van der Waals surface area contributed by atoms with E-state index in [0.29, 0.717) is 16.3 Å². The van der Waals surface area contributed by atoms with Gasteiger partial charge in [0.15, 0.2) is 0 Å². The molecule has 6 heteroatoms. The van der Waals surface area contributed by atoms with Crippen LogP contribution < -0.4 is 5.73 Å². The van der Waals surface area contributed by atoms with Crippen LogP contribution in [0.15, 0.2) is 24.3 Å². The number of nitrogens with two attached hydrogens (primary N) is 1. The zero-order valence-corrected chi connectivity index (χ0v) is 9.57. The van der Waals surface area contributed by atoms with E-state index in [1.54, 1.807) is 18.2 Å². The summed E-state index contributed by atoms with van der Waals surface area (Å²) in [7, 11) is 0. The molecule has 0 aliphatic heterocycles. The van der Waals surface area contributed by atoms with E-state index < -0.39 is 5.97 Å². The zero-order chi connectivity index (χ0) is 12.4. The van der Waals surface area contributed by atoms with Crippen LogP contribution in [0.4, 0.5) is 0 Å². The molecular weight excluding hydrogens is 240 g/mol. The third-order valence-corrected chi connectivity index (χ3v) is 3.31. The molecule has 2 rings (SSSR count). The number of carboxylic acids is 1. The Bertz CT molecular complexity index is 566. The molecule has 0 bridgehead atoms. The second-order valence-electron chi connectivity index (χ2n) is 3.35. The van der Waals surface area contributed by atoms with E-state index in [9.17, 15) is 9.90 Å². The Hall–Kier alpha value is -1.92. The fourth-order valence-corrected chi connectivity index (χ4v) is 2.35. The lowest BCUT2D eigenvalue weighted by Gasteiger charge is -1.96. The molecule has 0 radical (unpaired) electrons. The average molecular weight is 250 g/mol. The number of phenolic OH excluding ortho intramolecular Hbond substituents is 1. The summed E-state index contributed by atoms with van der Waals surface area (Å²) in [6.45, 7) is 0.0803. The first-order chi connectivity index (χ1) is 8.11. The molecule has 2 aromatic rings. The van der Waals surface area contributed by atoms with Gasteiger partial charge in [-0.2, -0.15) is 0 Å². The van der Waals surface area contributed by atoms with Gasteiger partial charge in [-0.1, -0.05) is 12.1 Å². The number of thiazole rings is 1. The predicted molar refractivity (Wildman–Crippen MR) is 64.1 cm³/mol. The molecule has 0 aliphatic rings. The summed E-state index contributed by atoms with van der Waals surface area (Å²) in [6.07, 6.45) is 0. The Kier molecular flexibility index (Phi) is 3.08. The maximum Gasteiger partial charge on any atom is 0.347 e. The molecule has 0 atom stereocenters. The molecular formula is C11H10N2O3S. The molecule has 0 fully saturated rings. The maximum absolute atomic E-state index is 11.0. The molecule has 0 spiro atoms. The van der Waals surface area contributed by atoms with Gasteiger partial charge in [-0.25, -0.2) is 9.78 Å². The Morgan fingerprint density at radius 3 is 2.76 bits per heavy atom. The van der Waals surface area contributed by atoms with Crippen molar-refractivity contribution >= 4 is 17.3 Å². The number of hydrogen-bond donors (Lipinski definition) is 3. The summed E-state index contributed by atoms with van der Waals surface area (Å²) in [6, 6.07) is 6.50. The Balaban J connectivity index is 2.50. The van der Waals surface area contributed by atoms with Gasteiger partial charge in [-0.15, -0.1) is 11.3 Å². The van der Waals surface area contributed by atoms with E-state index in [0.717, 1.165) is 11.3 Å². The van der Waals surface area contributed by atoms with Crippen molar-refractivity contribution in [3.63, 3.8) is 0 Å². The van der Waals surface area contributed by atoms with Crippen molar-refractivity contribution in [3.05, 3.63) is 34.8 Å². The Labute approximate surface area is 101 Å². The molecule has 4 N–H and O–H groups in total. The van der Waals surface area contributed by atoms with Crippen molar-refractivity contribution in [2.75, 3.05) is 0 Å². The van der Waals surface area contributed by atoms with Gasteiger partial charge < -0.3 is 15.9 Å². The van der Waals surface area contributed by atoms with Gasteiger partial charge in [-0.05, 0) is 12.1 Å². The minimum atomic E-state index is -1.03. The number of carbonyl (C=O) groups is 1. The summed E-state index contributed by atoms with van der Waals surface area (Å²) < 4.78 is 0. The average Bonchev–Trinajstić information content (AvgIpc) is 2.73. The molecule has 0 saturated heterocycles. The topological polar surface area (TPSA) is 96.4 Å². The number of aromatic carboxylic acids is 1. The zero-order valence-electron chi connectivity index (χ0n) is 8.75. The van der Waals surface area contributed by atoms with Crippen LogP contribution in [-0.2, 0) is 6.54 Å². The quantitative estimate of drug-likeness (QED) is 0.770. The highest BCUT2D eigenvalue weighted by Gasteiger charge is 2.17. The molecule has 88 valence electrons. The number of benzene rings is 1. The van der Waals surface area contributed by atoms with Crippen LogP contribution >= 0.6 is 11.3 Å². The summed E-state index contributed by atoms with van der Waals surface area (Å²) >= 11 is 1.05. The minimum Gasteiger partial charge on any atom is -0.508 e. The number of nitrogens with zero attached hydrogens (tertiary/aromatic N) is 1. The fraction of sp³-hybridized carbons (Fsp3) is 0.0909. The van der Waals surface area contributed by atoms with Crippen molar-refractivity contribution in [1.29, 1.82) is 0 Å². The highest BCUT2D eigenvalue weighted by atomic mass is 32.1. The molecule has 0 saturated carbocycles. The summed E-state index contributed by atoms with van der Waals surface area (Å²) in [5, 5.41) is 18.9. The van der Waals surface area contributed by atoms with Gasteiger partial charge in [0.25, 0.3) is 0 Å². The van der Waals surface area contributed by atoms with Crippen molar-refractivity contribution in [1.82, 2.24) is 4.98 Å². The molecule has 0 amide bonds. The van der Waals surface area contributed by atoms with Crippen LogP contribution in [0.1, 0.15) is 15.4 Å². The lowest BCUT2D eigenvalue weighted by atomic mass is 10.2. The summed E-state index contributed by atoms with van der Waals surface area (Å²) in [4.78, 5) is 15.3. The molecule has 1 aromatic carbocycles. The number of hydrogen-bond acceptors (Lipinski definition) is 5. The maximum atomic E-state index is 11.0. The van der Waals surface area contributed by atoms with Crippen LogP contribution in [0.3, 0.4) is 0 Å². The van der Waals surface area contributed by atoms with Crippen molar-refractivity contribution in [3.8, 4) is 16.3 Å². The van der Waals surface area contributed by atoms with E-state index in [1.807, 2.05) is 0 Å². The molecule has 0 unspecified atom stereocenters. The highest BCUT2D eigenvalue weighted by Crippen LogP contribution is 2.29. The van der Waals surface area contributed by atoms with Crippen LogP contribution in [-0.4, -0.2) is 21.2 Å². The first-order valence-corrected chi connectivity index (χ1v) is 5.66. The van der Waals surface area contributed by atoms with Crippen LogP contribution in [0.25, 0.3) is 10.6 Å². The number of aromatic hydroxyl groups is 1. The standard InChI is InChI=1S/C11H10N2O3S/c12-5-8-9(11(15)16)17-10(13-8)6-2-1-3-7(14)4-6/h1-4,14H,5,12H2,(H,15,16). The van der Waals surface area contributed by atoms with Gasteiger partial charge in [0.2, 0.25) is 0 Å². The second-order valence-corrected chi connectivity index (χ2v) is 4.35. The molecule has 0 aliphatic carbocycles. The monoisotopic (exact) mass is 250 g/mol. The predicted octanol–water partition coefficient (Wildman–Crippen LogP) is 1.67. The van der Waals surface area contributed by atoms with Crippen LogP contribution in [0.5, 0.6) is 5.75 Å². The highest BCUT2D eigenvalue weighted by molar-refractivity contribution is 7.17. The van der Waals surface area contributed by atoms with E-state index >= 15 is 0 Å². The van der Waals surface area contributed by atoms with Gasteiger partial charge in [0.1, 0.15) is 15.6 Å². The van der Waals surface area contributed by atoms with Crippen LogP contribution in [0, 0.1) is 0 Å². The molecule has 17 heavy (non-hydrogen) atoms. The largest absolute Gasteiger partial charge is 0.508 e.